The predicted molar refractivity (Wildman–Crippen MR) is 71.4 cm³/mol. The summed E-state index contributed by atoms with van der Waals surface area (Å²) in [7, 11) is 1.71. The molecule has 0 bridgehead atoms. The van der Waals surface area contributed by atoms with E-state index in [0.717, 1.165) is 25.9 Å². The Labute approximate surface area is 110 Å². The van der Waals surface area contributed by atoms with E-state index in [0.29, 0.717) is 0 Å². The average Bonchev–Trinajstić information content (AvgIpc) is 2.75. The number of ether oxygens (including phenoxy) is 1. The molecular formula is C14H26N2O2. The second-order valence-electron chi connectivity index (χ2n) is 5.59. The Morgan fingerprint density at radius 2 is 1.78 bits per heavy atom. The summed E-state index contributed by atoms with van der Waals surface area (Å²) >= 11 is 0. The molecule has 0 aromatic rings. The predicted octanol–water partition coefficient (Wildman–Crippen LogP) is 1.45. The number of hydrogen-bond donors (Lipinski definition) is 2. The Morgan fingerprint density at radius 1 is 1.11 bits per heavy atom. The highest BCUT2D eigenvalue weighted by Crippen LogP contribution is 2.22. The van der Waals surface area contributed by atoms with Crippen molar-refractivity contribution in [2.24, 2.45) is 5.92 Å². The van der Waals surface area contributed by atoms with E-state index < -0.39 is 0 Å². The van der Waals surface area contributed by atoms with E-state index in [9.17, 15) is 4.79 Å². The van der Waals surface area contributed by atoms with Gasteiger partial charge in [0.05, 0.1) is 12.1 Å². The topological polar surface area (TPSA) is 50.4 Å². The summed E-state index contributed by atoms with van der Waals surface area (Å²) in [5.74, 6) is 0.469. The molecule has 0 spiro atoms. The molecule has 2 N–H and O–H groups in total. The van der Waals surface area contributed by atoms with Crippen LogP contribution in [0.5, 0.6) is 0 Å². The van der Waals surface area contributed by atoms with Crippen LogP contribution in [0.2, 0.25) is 0 Å². The quantitative estimate of drug-likeness (QED) is 0.801. The van der Waals surface area contributed by atoms with E-state index in [2.05, 4.69) is 10.6 Å². The van der Waals surface area contributed by atoms with Crippen LogP contribution in [0.25, 0.3) is 0 Å². The van der Waals surface area contributed by atoms with Crippen LogP contribution >= 0.6 is 0 Å². The summed E-state index contributed by atoms with van der Waals surface area (Å²) in [5, 5.41) is 6.44. The first-order chi connectivity index (χ1) is 8.81. The summed E-state index contributed by atoms with van der Waals surface area (Å²) in [4.78, 5) is 12.3. The number of amides is 1. The second kappa shape index (κ2) is 7.10. The summed E-state index contributed by atoms with van der Waals surface area (Å²) in [6.07, 6.45) is 8.57. The monoisotopic (exact) mass is 254 g/mol. The minimum atomic E-state index is 0.127. The molecule has 1 heterocycles. The number of methoxy groups -OCH3 is 1. The number of rotatable bonds is 3. The zero-order valence-electron chi connectivity index (χ0n) is 11.4. The van der Waals surface area contributed by atoms with Crippen molar-refractivity contribution in [1.82, 2.24) is 10.6 Å². The Balaban J connectivity index is 1.82. The first-order valence-corrected chi connectivity index (χ1v) is 7.35. The molecular weight excluding hydrogens is 228 g/mol. The van der Waals surface area contributed by atoms with Gasteiger partial charge in [0, 0.05) is 26.1 Å². The van der Waals surface area contributed by atoms with Gasteiger partial charge in [-0.2, -0.15) is 0 Å². The highest BCUT2D eigenvalue weighted by Gasteiger charge is 2.30. The van der Waals surface area contributed by atoms with Crippen molar-refractivity contribution in [1.29, 1.82) is 0 Å². The van der Waals surface area contributed by atoms with Crippen molar-refractivity contribution in [2.75, 3.05) is 20.2 Å². The van der Waals surface area contributed by atoms with Gasteiger partial charge < -0.3 is 15.4 Å². The van der Waals surface area contributed by atoms with Gasteiger partial charge in [-0.05, 0) is 12.8 Å². The van der Waals surface area contributed by atoms with E-state index in [1.807, 2.05) is 0 Å². The largest absolute Gasteiger partial charge is 0.378 e. The fraction of sp³-hybridized carbons (Fsp3) is 0.929. The lowest BCUT2D eigenvalue weighted by Crippen LogP contribution is -2.46. The van der Waals surface area contributed by atoms with Crippen molar-refractivity contribution in [3.63, 3.8) is 0 Å². The summed E-state index contributed by atoms with van der Waals surface area (Å²) in [6.45, 7) is 1.67. The average molecular weight is 254 g/mol. The van der Waals surface area contributed by atoms with E-state index in [1.165, 1.54) is 32.1 Å². The zero-order chi connectivity index (χ0) is 12.8. The second-order valence-corrected chi connectivity index (χ2v) is 5.59. The SMILES string of the molecule is CO[C@H]1CNCC1NC(=O)C1CCCCCCC1. The molecule has 1 aliphatic heterocycles. The van der Waals surface area contributed by atoms with Crippen molar-refractivity contribution in [2.45, 2.75) is 57.1 Å². The van der Waals surface area contributed by atoms with Gasteiger partial charge in [0.2, 0.25) is 5.91 Å². The maximum atomic E-state index is 12.3. The van der Waals surface area contributed by atoms with Crippen LogP contribution in [-0.2, 0) is 9.53 Å². The molecule has 18 heavy (non-hydrogen) atoms. The van der Waals surface area contributed by atoms with Gasteiger partial charge in [0.1, 0.15) is 0 Å². The third-order valence-electron chi connectivity index (χ3n) is 4.26. The van der Waals surface area contributed by atoms with E-state index in [-0.39, 0.29) is 24.0 Å². The molecule has 0 radical (unpaired) electrons. The van der Waals surface area contributed by atoms with E-state index in [1.54, 1.807) is 7.11 Å². The van der Waals surface area contributed by atoms with Crippen LogP contribution in [0.15, 0.2) is 0 Å². The van der Waals surface area contributed by atoms with Gasteiger partial charge in [0.25, 0.3) is 0 Å². The minimum Gasteiger partial charge on any atom is -0.378 e. The minimum absolute atomic E-state index is 0.127. The molecule has 1 amide bonds. The molecule has 1 aliphatic carbocycles. The molecule has 4 nitrogen and oxygen atoms in total. The molecule has 2 aliphatic rings. The smallest absolute Gasteiger partial charge is 0.223 e. The van der Waals surface area contributed by atoms with Crippen LogP contribution in [-0.4, -0.2) is 38.3 Å². The van der Waals surface area contributed by atoms with Crippen molar-refractivity contribution in [3.05, 3.63) is 0 Å². The Morgan fingerprint density at radius 3 is 2.44 bits per heavy atom. The van der Waals surface area contributed by atoms with E-state index in [4.69, 9.17) is 4.74 Å². The van der Waals surface area contributed by atoms with E-state index >= 15 is 0 Å². The van der Waals surface area contributed by atoms with Gasteiger partial charge in [-0.25, -0.2) is 0 Å². The van der Waals surface area contributed by atoms with Gasteiger partial charge in [-0.1, -0.05) is 32.1 Å². The van der Waals surface area contributed by atoms with Crippen LogP contribution in [0.1, 0.15) is 44.9 Å². The maximum Gasteiger partial charge on any atom is 0.223 e. The fourth-order valence-electron chi connectivity index (χ4n) is 3.07. The lowest BCUT2D eigenvalue weighted by molar-refractivity contribution is -0.127. The van der Waals surface area contributed by atoms with Crippen LogP contribution in [0.3, 0.4) is 0 Å². The zero-order valence-corrected chi connectivity index (χ0v) is 11.4. The number of nitrogens with one attached hydrogen (secondary N) is 2. The van der Waals surface area contributed by atoms with Crippen molar-refractivity contribution < 1.29 is 9.53 Å². The lowest BCUT2D eigenvalue weighted by atomic mass is 9.90. The highest BCUT2D eigenvalue weighted by atomic mass is 16.5. The van der Waals surface area contributed by atoms with Gasteiger partial charge in [0.15, 0.2) is 0 Å². The molecule has 104 valence electrons. The Bertz CT molecular complexity index is 263. The first kappa shape index (κ1) is 13.8. The summed E-state index contributed by atoms with van der Waals surface area (Å²) in [5.41, 5.74) is 0. The third-order valence-corrected chi connectivity index (χ3v) is 4.26. The highest BCUT2D eigenvalue weighted by molar-refractivity contribution is 5.79. The lowest BCUT2D eigenvalue weighted by Gasteiger charge is -2.23. The number of hydrogen-bond acceptors (Lipinski definition) is 3. The maximum absolute atomic E-state index is 12.3. The molecule has 1 unspecified atom stereocenters. The molecule has 2 atom stereocenters. The molecule has 0 aromatic heterocycles. The normalized spacial score (nSPS) is 30.7. The van der Waals surface area contributed by atoms with Gasteiger partial charge in [-0.3, -0.25) is 4.79 Å². The molecule has 4 heteroatoms. The van der Waals surface area contributed by atoms with Crippen LogP contribution < -0.4 is 10.6 Å². The van der Waals surface area contributed by atoms with Gasteiger partial charge in [-0.15, -0.1) is 0 Å². The van der Waals surface area contributed by atoms with Crippen molar-refractivity contribution in [3.8, 4) is 0 Å². The third kappa shape index (κ3) is 3.69. The molecule has 1 saturated heterocycles. The standard InChI is InChI=1S/C14H26N2O2/c1-18-13-10-15-9-12(13)16-14(17)11-7-5-3-2-4-6-8-11/h11-13,15H,2-10H2,1H3,(H,16,17)/t12?,13-/m0/s1. The molecule has 1 saturated carbocycles. The summed E-state index contributed by atoms with van der Waals surface area (Å²) < 4.78 is 5.38. The van der Waals surface area contributed by atoms with Crippen LogP contribution in [0.4, 0.5) is 0 Å². The fourth-order valence-corrected chi connectivity index (χ4v) is 3.07. The van der Waals surface area contributed by atoms with Crippen molar-refractivity contribution >= 4 is 5.91 Å². The first-order valence-electron chi connectivity index (χ1n) is 7.35. The Kier molecular flexibility index (Phi) is 5.45. The van der Waals surface area contributed by atoms with Gasteiger partial charge >= 0.3 is 0 Å². The van der Waals surface area contributed by atoms with Crippen LogP contribution in [0, 0.1) is 5.92 Å². The molecule has 2 fully saturated rings. The summed E-state index contributed by atoms with van der Waals surface area (Å²) in [6, 6.07) is 0.146. The number of carbonyl (C=O) groups excluding carboxylic acids is 1. The molecule has 2 rings (SSSR count). The Hall–Kier alpha value is -0.610. The molecule has 0 aromatic carbocycles. The number of carbonyl (C=O) groups is 1.